The first-order valence-electron chi connectivity index (χ1n) is 6.14. The van der Waals surface area contributed by atoms with Crippen LogP contribution in [0.3, 0.4) is 0 Å². The third-order valence-corrected chi connectivity index (χ3v) is 2.94. The third kappa shape index (κ3) is 4.55. The van der Waals surface area contributed by atoms with Gasteiger partial charge in [-0.1, -0.05) is 35.9 Å². The van der Waals surface area contributed by atoms with E-state index in [1.807, 2.05) is 12.1 Å². The average Bonchev–Trinajstić information content (AvgIpc) is 2.45. The molecule has 20 heavy (non-hydrogen) atoms. The van der Waals surface area contributed by atoms with Crippen molar-refractivity contribution < 1.29 is 9.18 Å². The summed E-state index contributed by atoms with van der Waals surface area (Å²) in [5.74, 6) is -0.292. The minimum absolute atomic E-state index is 0.283. The summed E-state index contributed by atoms with van der Waals surface area (Å²) < 4.78 is 12.7. The minimum Gasteiger partial charge on any atom is -0.334 e. The molecule has 104 valence electrons. The third-order valence-electron chi connectivity index (χ3n) is 2.71. The number of hydrogen-bond acceptors (Lipinski definition) is 1. The number of benzene rings is 2. The van der Waals surface area contributed by atoms with Crippen molar-refractivity contribution in [3.63, 3.8) is 0 Å². The van der Waals surface area contributed by atoms with Gasteiger partial charge in [0, 0.05) is 18.1 Å². The number of amides is 2. The Morgan fingerprint density at radius 2 is 1.65 bits per heavy atom. The zero-order valence-corrected chi connectivity index (χ0v) is 11.5. The maximum atomic E-state index is 12.7. The quantitative estimate of drug-likeness (QED) is 0.890. The highest BCUT2D eigenvalue weighted by atomic mass is 35.5. The van der Waals surface area contributed by atoms with E-state index in [-0.39, 0.29) is 11.8 Å². The van der Waals surface area contributed by atoms with Crippen LogP contribution in [-0.4, -0.2) is 6.03 Å². The van der Waals surface area contributed by atoms with E-state index in [1.54, 1.807) is 24.3 Å². The SMILES string of the molecule is O=C(NCc1ccc(F)cc1)NCc1cccc(Cl)c1. The maximum Gasteiger partial charge on any atom is 0.315 e. The minimum atomic E-state index is -0.292. The number of halogens is 2. The van der Waals surface area contributed by atoms with Gasteiger partial charge in [0.05, 0.1) is 0 Å². The number of hydrogen-bond donors (Lipinski definition) is 2. The highest BCUT2D eigenvalue weighted by Gasteiger charge is 2.01. The zero-order valence-electron chi connectivity index (χ0n) is 10.7. The lowest BCUT2D eigenvalue weighted by Gasteiger charge is -2.08. The molecule has 2 aromatic carbocycles. The summed E-state index contributed by atoms with van der Waals surface area (Å²) in [6.45, 7) is 0.747. The van der Waals surface area contributed by atoms with Crippen LogP contribution < -0.4 is 10.6 Å². The van der Waals surface area contributed by atoms with Crippen molar-refractivity contribution in [1.29, 1.82) is 0 Å². The number of urea groups is 1. The normalized spacial score (nSPS) is 10.1. The van der Waals surface area contributed by atoms with Crippen molar-refractivity contribution in [2.24, 2.45) is 0 Å². The Morgan fingerprint density at radius 1 is 1.00 bits per heavy atom. The molecule has 0 heterocycles. The highest BCUT2D eigenvalue weighted by Crippen LogP contribution is 2.10. The molecule has 2 N–H and O–H groups in total. The summed E-state index contributed by atoms with van der Waals surface area (Å²) in [5.41, 5.74) is 1.76. The standard InChI is InChI=1S/C15H14ClFN2O/c16-13-3-1-2-12(8-13)10-19-15(20)18-9-11-4-6-14(17)7-5-11/h1-8H,9-10H2,(H2,18,19,20). The van der Waals surface area contributed by atoms with Gasteiger partial charge in [0.2, 0.25) is 0 Å². The van der Waals surface area contributed by atoms with Crippen LogP contribution in [0, 0.1) is 5.82 Å². The van der Waals surface area contributed by atoms with E-state index in [1.165, 1.54) is 12.1 Å². The predicted molar refractivity (Wildman–Crippen MR) is 76.9 cm³/mol. The van der Waals surface area contributed by atoms with Crippen LogP contribution in [0.5, 0.6) is 0 Å². The van der Waals surface area contributed by atoms with Gasteiger partial charge in [-0.25, -0.2) is 9.18 Å². The fraction of sp³-hybridized carbons (Fsp3) is 0.133. The lowest BCUT2D eigenvalue weighted by atomic mass is 10.2. The summed E-state index contributed by atoms with van der Waals surface area (Å²) >= 11 is 5.86. The van der Waals surface area contributed by atoms with Crippen molar-refractivity contribution in [3.8, 4) is 0 Å². The molecule has 5 heteroatoms. The summed E-state index contributed by atoms with van der Waals surface area (Å²) in [6.07, 6.45) is 0. The Bertz CT molecular complexity index is 587. The summed E-state index contributed by atoms with van der Waals surface area (Å²) in [6, 6.07) is 13.0. The molecule has 0 saturated carbocycles. The van der Waals surface area contributed by atoms with Gasteiger partial charge >= 0.3 is 6.03 Å². The van der Waals surface area contributed by atoms with Gasteiger partial charge in [-0.05, 0) is 35.4 Å². The molecule has 0 spiro atoms. The van der Waals surface area contributed by atoms with E-state index >= 15 is 0 Å². The van der Waals surface area contributed by atoms with E-state index in [0.29, 0.717) is 18.1 Å². The van der Waals surface area contributed by atoms with Crippen molar-refractivity contribution in [2.45, 2.75) is 13.1 Å². The second-order valence-corrected chi connectivity index (χ2v) is 4.73. The molecule has 3 nitrogen and oxygen atoms in total. The van der Waals surface area contributed by atoms with Gasteiger partial charge in [-0.3, -0.25) is 0 Å². The van der Waals surface area contributed by atoms with Crippen LogP contribution >= 0.6 is 11.6 Å². The summed E-state index contributed by atoms with van der Waals surface area (Å²) in [4.78, 5) is 11.6. The topological polar surface area (TPSA) is 41.1 Å². The first kappa shape index (κ1) is 14.3. The molecular weight excluding hydrogens is 279 g/mol. The Balaban J connectivity index is 1.77. The Hall–Kier alpha value is -2.07. The van der Waals surface area contributed by atoms with Gasteiger partial charge in [0.15, 0.2) is 0 Å². The summed E-state index contributed by atoms with van der Waals surface area (Å²) in [7, 11) is 0. The van der Waals surface area contributed by atoms with E-state index in [0.717, 1.165) is 11.1 Å². The lowest BCUT2D eigenvalue weighted by molar-refractivity contribution is 0.240. The summed E-state index contributed by atoms with van der Waals surface area (Å²) in [5, 5.41) is 6.06. The second kappa shape index (κ2) is 6.91. The van der Waals surface area contributed by atoms with Crippen LogP contribution in [0.4, 0.5) is 9.18 Å². The van der Waals surface area contributed by atoms with Gasteiger partial charge < -0.3 is 10.6 Å². The molecule has 0 atom stereocenters. The monoisotopic (exact) mass is 292 g/mol. The molecule has 0 aliphatic heterocycles. The molecule has 0 bridgehead atoms. The fourth-order valence-corrected chi connectivity index (χ4v) is 1.89. The first-order valence-corrected chi connectivity index (χ1v) is 6.52. The lowest BCUT2D eigenvalue weighted by Crippen LogP contribution is -2.34. The number of nitrogens with one attached hydrogen (secondary N) is 2. The van der Waals surface area contributed by atoms with Crippen molar-refractivity contribution in [2.75, 3.05) is 0 Å². The van der Waals surface area contributed by atoms with Gasteiger partial charge in [-0.2, -0.15) is 0 Å². The molecular formula is C15H14ClFN2O. The number of rotatable bonds is 4. The Kier molecular flexibility index (Phi) is 4.96. The predicted octanol–water partition coefficient (Wildman–Crippen LogP) is 3.48. The van der Waals surface area contributed by atoms with E-state index in [9.17, 15) is 9.18 Å². The van der Waals surface area contributed by atoms with E-state index in [2.05, 4.69) is 10.6 Å². The molecule has 0 aliphatic carbocycles. The molecule has 2 rings (SSSR count). The number of carbonyl (C=O) groups excluding carboxylic acids is 1. The molecule has 0 radical (unpaired) electrons. The zero-order chi connectivity index (χ0) is 14.4. The van der Waals surface area contributed by atoms with Crippen LogP contribution in [0.1, 0.15) is 11.1 Å². The van der Waals surface area contributed by atoms with Crippen molar-refractivity contribution in [1.82, 2.24) is 10.6 Å². The van der Waals surface area contributed by atoms with Crippen LogP contribution in [0.2, 0.25) is 5.02 Å². The Labute approximate surface area is 121 Å². The first-order chi connectivity index (χ1) is 9.63. The van der Waals surface area contributed by atoms with Gasteiger partial charge in [0.25, 0.3) is 0 Å². The van der Waals surface area contributed by atoms with Crippen LogP contribution in [0.15, 0.2) is 48.5 Å². The maximum absolute atomic E-state index is 12.7. The molecule has 2 aromatic rings. The van der Waals surface area contributed by atoms with Crippen LogP contribution in [0.25, 0.3) is 0 Å². The largest absolute Gasteiger partial charge is 0.334 e. The van der Waals surface area contributed by atoms with E-state index in [4.69, 9.17) is 11.6 Å². The van der Waals surface area contributed by atoms with Gasteiger partial charge in [0.1, 0.15) is 5.82 Å². The molecule has 0 aliphatic rings. The molecule has 2 amide bonds. The van der Waals surface area contributed by atoms with Crippen molar-refractivity contribution in [3.05, 3.63) is 70.5 Å². The van der Waals surface area contributed by atoms with Crippen molar-refractivity contribution >= 4 is 17.6 Å². The van der Waals surface area contributed by atoms with E-state index < -0.39 is 0 Å². The molecule has 0 fully saturated rings. The van der Waals surface area contributed by atoms with Gasteiger partial charge in [-0.15, -0.1) is 0 Å². The highest BCUT2D eigenvalue weighted by molar-refractivity contribution is 6.30. The molecule has 0 unspecified atom stereocenters. The van der Waals surface area contributed by atoms with Crippen LogP contribution in [-0.2, 0) is 13.1 Å². The second-order valence-electron chi connectivity index (χ2n) is 4.29. The number of carbonyl (C=O) groups is 1. The Morgan fingerprint density at radius 3 is 2.30 bits per heavy atom. The molecule has 0 saturated heterocycles. The average molecular weight is 293 g/mol. The fourth-order valence-electron chi connectivity index (χ4n) is 1.68. The molecule has 0 aromatic heterocycles. The smallest absolute Gasteiger partial charge is 0.315 e.